The topological polar surface area (TPSA) is 15.7 Å². The number of piperazine rings is 1. The van der Waals surface area contributed by atoms with Crippen LogP contribution in [0, 0.1) is 0 Å². The Morgan fingerprint density at radius 1 is 0.938 bits per heavy atom. The van der Waals surface area contributed by atoms with Crippen molar-refractivity contribution in [1.29, 1.82) is 0 Å². The van der Waals surface area contributed by atoms with E-state index in [-0.39, 0.29) is 0 Å². The first-order valence-electron chi connectivity index (χ1n) is 11.6. The highest BCUT2D eigenvalue weighted by molar-refractivity contribution is 9.10. The molecule has 4 heteroatoms. The van der Waals surface area contributed by atoms with Gasteiger partial charge in [0.05, 0.1) is 7.11 Å². The summed E-state index contributed by atoms with van der Waals surface area (Å²) in [5, 5.41) is 0. The van der Waals surface area contributed by atoms with Crippen LogP contribution >= 0.6 is 15.9 Å². The predicted octanol–water partition coefficient (Wildman–Crippen LogP) is 5.94. The minimum atomic E-state index is 0.366. The van der Waals surface area contributed by atoms with Crippen LogP contribution in [0.25, 0.3) is 0 Å². The second-order valence-electron chi connectivity index (χ2n) is 9.05. The van der Waals surface area contributed by atoms with Gasteiger partial charge in [-0.3, -0.25) is 9.80 Å². The number of halogens is 1. The van der Waals surface area contributed by atoms with Crippen LogP contribution in [0.4, 0.5) is 0 Å². The van der Waals surface area contributed by atoms with Crippen molar-refractivity contribution >= 4 is 15.9 Å². The molecule has 0 amide bonds. The standard InChI is InChI=1S/C28H31BrN2O/c1-32-27-15-14-24(29)17-23(27)18-30-19-25-13-8-16-31(25)26(20-30)28(21-9-4-2-5-10-21)22-11-6-3-7-12-22/h2-7,9-12,14-15,17,25-26,28H,8,13,16,18-20H2,1H3. The zero-order valence-corrected chi connectivity index (χ0v) is 20.2. The molecule has 0 N–H and O–H groups in total. The first-order chi connectivity index (χ1) is 15.7. The lowest BCUT2D eigenvalue weighted by atomic mass is 9.82. The minimum absolute atomic E-state index is 0.366. The largest absolute Gasteiger partial charge is 0.496 e. The molecular weight excluding hydrogens is 460 g/mol. The van der Waals surface area contributed by atoms with Crippen LogP contribution in [-0.2, 0) is 6.54 Å². The van der Waals surface area contributed by atoms with Crippen LogP contribution < -0.4 is 4.74 Å². The van der Waals surface area contributed by atoms with Crippen LogP contribution in [-0.4, -0.2) is 48.6 Å². The van der Waals surface area contributed by atoms with Crippen molar-refractivity contribution in [3.05, 3.63) is 100 Å². The van der Waals surface area contributed by atoms with Gasteiger partial charge in [-0.15, -0.1) is 0 Å². The number of hydrogen-bond acceptors (Lipinski definition) is 3. The highest BCUT2D eigenvalue weighted by atomic mass is 79.9. The summed E-state index contributed by atoms with van der Waals surface area (Å²) in [6.45, 7) is 4.31. The molecule has 0 aliphatic carbocycles. The van der Waals surface area contributed by atoms with Gasteiger partial charge in [0.25, 0.3) is 0 Å². The Hall–Kier alpha value is -2.14. The van der Waals surface area contributed by atoms with E-state index in [1.807, 2.05) is 0 Å². The summed E-state index contributed by atoms with van der Waals surface area (Å²) in [6, 6.07) is 29.6. The molecule has 2 saturated heterocycles. The maximum atomic E-state index is 5.68. The van der Waals surface area contributed by atoms with E-state index < -0.39 is 0 Å². The number of rotatable bonds is 6. The summed E-state index contributed by atoms with van der Waals surface area (Å²) in [6.07, 6.45) is 2.59. The van der Waals surface area contributed by atoms with Gasteiger partial charge >= 0.3 is 0 Å². The van der Waals surface area contributed by atoms with E-state index in [1.165, 1.54) is 36.1 Å². The average Bonchev–Trinajstić information content (AvgIpc) is 3.30. The number of benzene rings is 3. The van der Waals surface area contributed by atoms with E-state index in [2.05, 4.69) is 105 Å². The molecule has 2 aliphatic rings. The normalized spacial score (nSPS) is 21.6. The van der Waals surface area contributed by atoms with Gasteiger partial charge in [-0.05, 0) is 48.7 Å². The summed E-state index contributed by atoms with van der Waals surface area (Å²) < 4.78 is 6.79. The van der Waals surface area contributed by atoms with Crippen LogP contribution in [0.5, 0.6) is 5.75 Å². The summed E-state index contributed by atoms with van der Waals surface area (Å²) in [7, 11) is 1.77. The Balaban J connectivity index is 1.49. The average molecular weight is 491 g/mol. The number of fused-ring (bicyclic) bond motifs is 1. The van der Waals surface area contributed by atoms with E-state index in [0.29, 0.717) is 18.0 Å². The van der Waals surface area contributed by atoms with Gasteiger partial charge < -0.3 is 4.74 Å². The monoisotopic (exact) mass is 490 g/mol. The first kappa shape index (κ1) is 21.7. The number of methoxy groups -OCH3 is 1. The number of hydrogen-bond donors (Lipinski definition) is 0. The molecule has 32 heavy (non-hydrogen) atoms. The van der Waals surface area contributed by atoms with Gasteiger partial charge in [-0.25, -0.2) is 0 Å². The summed E-state index contributed by atoms with van der Waals surface area (Å²) >= 11 is 3.65. The zero-order chi connectivity index (χ0) is 21.9. The quantitative estimate of drug-likeness (QED) is 0.425. The van der Waals surface area contributed by atoms with Crippen LogP contribution in [0.15, 0.2) is 83.3 Å². The van der Waals surface area contributed by atoms with Gasteiger partial charge in [0, 0.05) is 47.7 Å². The molecule has 0 radical (unpaired) electrons. The molecule has 0 bridgehead atoms. The molecule has 0 saturated carbocycles. The third-order valence-corrected chi connectivity index (χ3v) is 7.59. The smallest absolute Gasteiger partial charge is 0.123 e. The highest BCUT2D eigenvalue weighted by Gasteiger charge is 2.41. The molecule has 2 heterocycles. The fraction of sp³-hybridized carbons (Fsp3) is 0.357. The number of nitrogens with zero attached hydrogens (tertiary/aromatic N) is 2. The van der Waals surface area contributed by atoms with Crippen LogP contribution in [0.3, 0.4) is 0 Å². The van der Waals surface area contributed by atoms with Crippen LogP contribution in [0.1, 0.15) is 35.4 Å². The third kappa shape index (κ3) is 4.50. The molecule has 3 aromatic rings. The first-order valence-corrected chi connectivity index (χ1v) is 12.4. The van der Waals surface area contributed by atoms with Crippen molar-refractivity contribution in [2.24, 2.45) is 0 Å². The third-order valence-electron chi connectivity index (χ3n) is 7.10. The molecule has 5 rings (SSSR count). The Morgan fingerprint density at radius 3 is 2.28 bits per heavy atom. The van der Waals surface area contributed by atoms with Gasteiger partial charge in [-0.2, -0.15) is 0 Å². The van der Waals surface area contributed by atoms with Gasteiger partial charge in [-0.1, -0.05) is 76.6 Å². The van der Waals surface area contributed by atoms with Crippen molar-refractivity contribution in [3.63, 3.8) is 0 Å². The van der Waals surface area contributed by atoms with Crippen molar-refractivity contribution in [2.45, 2.75) is 37.4 Å². The maximum Gasteiger partial charge on any atom is 0.123 e. The van der Waals surface area contributed by atoms with Crippen molar-refractivity contribution < 1.29 is 4.74 Å². The van der Waals surface area contributed by atoms with Gasteiger partial charge in [0.1, 0.15) is 5.75 Å². The molecule has 2 unspecified atom stereocenters. The van der Waals surface area contributed by atoms with E-state index in [4.69, 9.17) is 4.74 Å². The van der Waals surface area contributed by atoms with E-state index in [9.17, 15) is 0 Å². The second kappa shape index (κ2) is 9.78. The van der Waals surface area contributed by atoms with Crippen molar-refractivity contribution in [1.82, 2.24) is 9.80 Å². The predicted molar refractivity (Wildman–Crippen MR) is 134 cm³/mol. The molecule has 2 atom stereocenters. The summed E-state index contributed by atoms with van der Waals surface area (Å²) in [5.74, 6) is 1.34. The molecule has 166 valence electrons. The van der Waals surface area contributed by atoms with Gasteiger partial charge in [0.2, 0.25) is 0 Å². The molecule has 0 aromatic heterocycles. The molecular formula is C28H31BrN2O. The van der Waals surface area contributed by atoms with E-state index in [0.717, 1.165) is 29.9 Å². The van der Waals surface area contributed by atoms with E-state index >= 15 is 0 Å². The highest BCUT2D eigenvalue weighted by Crippen LogP contribution is 2.38. The number of ether oxygens (including phenoxy) is 1. The van der Waals surface area contributed by atoms with Crippen molar-refractivity contribution in [2.75, 3.05) is 26.7 Å². The molecule has 0 spiro atoms. The lowest BCUT2D eigenvalue weighted by molar-refractivity contribution is 0.0380. The SMILES string of the molecule is COc1ccc(Br)cc1CN1CC2CCCN2C(C(c2ccccc2)c2ccccc2)C1. The lowest BCUT2D eigenvalue weighted by Crippen LogP contribution is -2.57. The Bertz CT molecular complexity index is 987. The molecule has 3 aromatic carbocycles. The van der Waals surface area contributed by atoms with Crippen LogP contribution in [0.2, 0.25) is 0 Å². The van der Waals surface area contributed by atoms with E-state index in [1.54, 1.807) is 7.11 Å². The van der Waals surface area contributed by atoms with Crippen molar-refractivity contribution in [3.8, 4) is 5.75 Å². The Kier molecular flexibility index (Phi) is 6.63. The van der Waals surface area contributed by atoms with Gasteiger partial charge in [0.15, 0.2) is 0 Å². The zero-order valence-electron chi connectivity index (χ0n) is 18.7. The Morgan fingerprint density at radius 2 is 1.62 bits per heavy atom. The fourth-order valence-electron chi connectivity index (χ4n) is 5.73. The second-order valence-corrected chi connectivity index (χ2v) is 9.97. The molecule has 2 fully saturated rings. The summed E-state index contributed by atoms with van der Waals surface area (Å²) in [4.78, 5) is 5.46. The molecule has 2 aliphatic heterocycles. The Labute approximate surface area is 200 Å². The lowest BCUT2D eigenvalue weighted by Gasteiger charge is -2.47. The fourth-order valence-corrected chi connectivity index (χ4v) is 6.14. The summed E-state index contributed by atoms with van der Waals surface area (Å²) in [5.41, 5.74) is 4.08. The maximum absolute atomic E-state index is 5.68. The molecule has 3 nitrogen and oxygen atoms in total. The minimum Gasteiger partial charge on any atom is -0.496 e.